The van der Waals surface area contributed by atoms with Gasteiger partial charge in [-0.25, -0.2) is 0 Å². The van der Waals surface area contributed by atoms with Crippen molar-refractivity contribution in [3.05, 3.63) is 30.5 Å². The molecule has 1 aliphatic heterocycles. The second kappa shape index (κ2) is 6.63. The van der Waals surface area contributed by atoms with Crippen LogP contribution in [-0.4, -0.2) is 47.2 Å². The van der Waals surface area contributed by atoms with Crippen LogP contribution in [0, 0.1) is 5.41 Å². The molecule has 0 bridgehead atoms. The van der Waals surface area contributed by atoms with E-state index in [-0.39, 0.29) is 11.3 Å². The maximum atomic E-state index is 12.3. The van der Waals surface area contributed by atoms with Crippen LogP contribution < -0.4 is 4.90 Å². The minimum absolute atomic E-state index is 0.0291. The Hall–Kier alpha value is -2.37. The molecule has 0 aromatic carbocycles. The Bertz CT molecular complexity index is 666. The molecular formula is C18H24N4O2. The maximum Gasteiger partial charge on any atom is 0.223 e. The van der Waals surface area contributed by atoms with Crippen LogP contribution in [0.3, 0.4) is 0 Å². The van der Waals surface area contributed by atoms with Crippen molar-refractivity contribution < 1.29 is 9.21 Å². The van der Waals surface area contributed by atoms with Gasteiger partial charge in [0.1, 0.15) is 5.69 Å². The zero-order chi connectivity index (χ0) is 17.2. The number of anilines is 1. The van der Waals surface area contributed by atoms with Gasteiger partial charge < -0.3 is 14.2 Å². The van der Waals surface area contributed by atoms with Gasteiger partial charge in [0.15, 0.2) is 11.6 Å². The molecule has 2 aromatic heterocycles. The Labute approximate surface area is 142 Å². The summed E-state index contributed by atoms with van der Waals surface area (Å²) < 4.78 is 5.32. The normalized spacial score (nSPS) is 15.6. The summed E-state index contributed by atoms with van der Waals surface area (Å²) in [5, 5.41) is 8.53. The highest BCUT2D eigenvalue weighted by Crippen LogP contribution is 2.22. The van der Waals surface area contributed by atoms with Gasteiger partial charge in [-0.3, -0.25) is 4.79 Å². The first kappa shape index (κ1) is 16.5. The van der Waals surface area contributed by atoms with Crippen LogP contribution in [-0.2, 0) is 4.79 Å². The van der Waals surface area contributed by atoms with Crippen LogP contribution >= 0.6 is 0 Å². The summed E-state index contributed by atoms with van der Waals surface area (Å²) in [5.74, 6) is 1.79. The van der Waals surface area contributed by atoms with E-state index < -0.39 is 0 Å². The molecule has 0 unspecified atom stereocenters. The van der Waals surface area contributed by atoms with Crippen molar-refractivity contribution in [1.29, 1.82) is 0 Å². The number of amides is 1. The highest BCUT2D eigenvalue weighted by molar-refractivity contribution is 5.77. The number of aromatic nitrogens is 2. The molecule has 0 spiro atoms. The van der Waals surface area contributed by atoms with Gasteiger partial charge in [0.25, 0.3) is 0 Å². The smallest absolute Gasteiger partial charge is 0.223 e. The lowest BCUT2D eigenvalue weighted by Crippen LogP contribution is -2.49. The van der Waals surface area contributed by atoms with Crippen molar-refractivity contribution in [1.82, 2.24) is 15.1 Å². The van der Waals surface area contributed by atoms with Gasteiger partial charge in [-0.1, -0.05) is 20.8 Å². The van der Waals surface area contributed by atoms with Crippen LogP contribution in [0.15, 0.2) is 34.9 Å². The Morgan fingerprint density at radius 1 is 1.12 bits per heavy atom. The van der Waals surface area contributed by atoms with Crippen LogP contribution in [0.5, 0.6) is 0 Å². The minimum Gasteiger partial charge on any atom is -0.463 e. The van der Waals surface area contributed by atoms with Crippen LogP contribution in [0.1, 0.15) is 27.2 Å². The molecule has 128 valence electrons. The van der Waals surface area contributed by atoms with Crippen LogP contribution in [0.4, 0.5) is 5.82 Å². The number of hydrogen-bond donors (Lipinski definition) is 0. The second-order valence-corrected chi connectivity index (χ2v) is 7.36. The van der Waals surface area contributed by atoms with E-state index in [4.69, 9.17) is 4.42 Å². The predicted molar refractivity (Wildman–Crippen MR) is 92.6 cm³/mol. The van der Waals surface area contributed by atoms with E-state index in [1.807, 2.05) is 29.2 Å². The Morgan fingerprint density at radius 3 is 2.42 bits per heavy atom. The Balaban J connectivity index is 1.58. The summed E-state index contributed by atoms with van der Waals surface area (Å²) >= 11 is 0. The van der Waals surface area contributed by atoms with Gasteiger partial charge in [-0.15, -0.1) is 10.2 Å². The van der Waals surface area contributed by atoms with Crippen LogP contribution in [0.25, 0.3) is 11.5 Å². The van der Waals surface area contributed by atoms with Crippen molar-refractivity contribution in [2.75, 3.05) is 31.1 Å². The van der Waals surface area contributed by atoms with E-state index in [1.165, 1.54) is 0 Å². The zero-order valence-corrected chi connectivity index (χ0v) is 14.5. The van der Waals surface area contributed by atoms with Gasteiger partial charge in [-0.05, 0) is 29.7 Å². The van der Waals surface area contributed by atoms with E-state index in [9.17, 15) is 4.79 Å². The molecule has 0 atom stereocenters. The number of rotatable bonds is 3. The molecule has 1 aliphatic rings. The summed E-state index contributed by atoms with van der Waals surface area (Å²) in [6.07, 6.45) is 2.21. The fraction of sp³-hybridized carbons (Fsp3) is 0.500. The molecule has 2 aromatic rings. The second-order valence-electron chi connectivity index (χ2n) is 7.36. The summed E-state index contributed by atoms with van der Waals surface area (Å²) in [6.45, 7) is 9.31. The number of hydrogen-bond acceptors (Lipinski definition) is 5. The van der Waals surface area contributed by atoms with Gasteiger partial charge in [0.2, 0.25) is 5.91 Å². The first-order valence-electron chi connectivity index (χ1n) is 8.33. The molecule has 0 radical (unpaired) electrons. The molecule has 0 saturated carbocycles. The molecule has 6 heteroatoms. The standard InChI is InChI=1S/C18H24N4O2/c1-18(2,3)13-17(23)22-10-8-21(9-11-22)16-7-6-14(19-20-16)15-5-4-12-24-15/h4-7,12H,8-11,13H2,1-3H3. The molecule has 0 N–H and O–H groups in total. The largest absolute Gasteiger partial charge is 0.463 e. The lowest BCUT2D eigenvalue weighted by atomic mass is 9.91. The topological polar surface area (TPSA) is 62.5 Å². The van der Waals surface area contributed by atoms with E-state index in [0.717, 1.165) is 37.7 Å². The van der Waals surface area contributed by atoms with Gasteiger partial charge in [0, 0.05) is 32.6 Å². The van der Waals surface area contributed by atoms with Crippen molar-refractivity contribution in [2.24, 2.45) is 5.41 Å². The quantitative estimate of drug-likeness (QED) is 0.867. The molecule has 24 heavy (non-hydrogen) atoms. The van der Waals surface area contributed by atoms with Crippen molar-refractivity contribution >= 4 is 11.7 Å². The average Bonchev–Trinajstić information content (AvgIpc) is 3.08. The van der Waals surface area contributed by atoms with E-state index in [0.29, 0.717) is 12.2 Å². The van der Waals surface area contributed by atoms with E-state index in [1.54, 1.807) is 6.26 Å². The number of nitrogens with zero attached hydrogens (tertiary/aromatic N) is 4. The zero-order valence-electron chi connectivity index (χ0n) is 14.5. The van der Waals surface area contributed by atoms with Crippen molar-refractivity contribution in [2.45, 2.75) is 27.2 Å². The third-order valence-electron chi connectivity index (χ3n) is 4.06. The van der Waals surface area contributed by atoms with Gasteiger partial charge in [0.05, 0.1) is 6.26 Å². The molecule has 3 rings (SSSR count). The molecule has 1 amide bonds. The SMILES string of the molecule is CC(C)(C)CC(=O)N1CCN(c2ccc(-c3ccco3)nn2)CC1. The minimum atomic E-state index is 0.0291. The predicted octanol–water partition coefficient (Wildman–Crippen LogP) is 2.82. The first-order chi connectivity index (χ1) is 11.4. The maximum absolute atomic E-state index is 12.3. The Kier molecular flexibility index (Phi) is 4.55. The highest BCUT2D eigenvalue weighted by Gasteiger charge is 2.25. The van der Waals surface area contributed by atoms with E-state index >= 15 is 0 Å². The Morgan fingerprint density at radius 2 is 1.88 bits per heavy atom. The van der Waals surface area contributed by atoms with Crippen molar-refractivity contribution in [3.63, 3.8) is 0 Å². The monoisotopic (exact) mass is 328 g/mol. The fourth-order valence-corrected chi connectivity index (χ4v) is 2.80. The summed E-state index contributed by atoms with van der Waals surface area (Å²) in [4.78, 5) is 16.4. The number of piperazine rings is 1. The lowest BCUT2D eigenvalue weighted by Gasteiger charge is -2.36. The molecule has 3 heterocycles. The third-order valence-corrected chi connectivity index (χ3v) is 4.06. The summed E-state index contributed by atoms with van der Waals surface area (Å²) in [6, 6.07) is 7.57. The summed E-state index contributed by atoms with van der Waals surface area (Å²) in [5.41, 5.74) is 0.754. The molecule has 6 nitrogen and oxygen atoms in total. The van der Waals surface area contributed by atoms with Gasteiger partial charge in [-0.2, -0.15) is 0 Å². The van der Waals surface area contributed by atoms with Crippen molar-refractivity contribution in [3.8, 4) is 11.5 Å². The first-order valence-corrected chi connectivity index (χ1v) is 8.33. The van der Waals surface area contributed by atoms with Crippen LogP contribution in [0.2, 0.25) is 0 Å². The highest BCUT2D eigenvalue weighted by atomic mass is 16.3. The molecular weight excluding hydrogens is 304 g/mol. The number of carbonyl (C=O) groups is 1. The fourth-order valence-electron chi connectivity index (χ4n) is 2.80. The number of carbonyl (C=O) groups excluding carboxylic acids is 1. The molecule has 1 saturated heterocycles. The van der Waals surface area contributed by atoms with E-state index in [2.05, 4.69) is 35.9 Å². The summed E-state index contributed by atoms with van der Waals surface area (Å²) in [7, 11) is 0. The average molecular weight is 328 g/mol. The number of furan rings is 1. The lowest BCUT2D eigenvalue weighted by molar-refractivity contribution is -0.133. The van der Waals surface area contributed by atoms with Gasteiger partial charge >= 0.3 is 0 Å². The molecule has 1 fully saturated rings. The third kappa shape index (κ3) is 3.93. The molecule has 0 aliphatic carbocycles.